The van der Waals surface area contributed by atoms with Crippen molar-refractivity contribution in [3.8, 4) is 61.8 Å². The third-order valence-electron chi connectivity index (χ3n) is 12.2. The lowest BCUT2D eigenvalue weighted by Crippen LogP contribution is -1.99. The molecule has 0 fully saturated rings. The summed E-state index contributed by atoms with van der Waals surface area (Å²) >= 11 is 0. The molecule has 61 heavy (non-hydrogen) atoms. The van der Waals surface area contributed by atoms with Gasteiger partial charge in [0.15, 0.2) is 5.82 Å². The molecule has 3 heteroatoms. The summed E-state index contributed by atoms with van der Waals surface area (Å²) in [5, 5.41) is 9.80. The number of hydrogen-bond donors (Lipinski definition) is 0. The molecule has 0 unspecified atom stereocenters. The van der Waals surface area contributed by atoms with Crippen LogP contribution in [0.5, 0.6) is 0 Å². The van der Waals surface area contributed by atoms with Gasteiger partial charge < -0.3 is 4.57 Å². The molecule has 0 saturated carbocycles. The zero-order chi connectivity index (χ0) is 40.3. The predicted octanol–water partition coefficient (Wildman–Crippen LogP) is 15.4. The first-order valence-electron chi connectivity index (χ1n) is 20.8. The van der Waals surface area contributed by atoms with E-state index in [9.17, 15) is 0 Å². The Morgan fingerprint density at radius 1 is 0.311 bits per heavy atom. The summed E-state index contributed by atoms with van der Waals surface area (Å²) in [6, 6.07) is 80.4. The van der Waals surface area contributed by atoms with Gasteiger partial charge in [0.05, 0.1) is 22.4 Å². The van der Waals surface area contributed by atoms with Crippen LogP contribution in [-0.2, 0) is 0 Å². The average Bonchev–Trinajstić information content (AvgIpc) is 3.68. The summed E-state index contributed by atoms with van der Waals surface area (Å²) < 4.78 is 2.41. The van der Waals surface area contributed by atoms with Crippen molar-refractivity contribution in [2.24, 2.45) is 0 Å². The van der Waals surface area contributed by atoms with E-state index in [4.69, 9.17) is 9.97 Å². The van der Waals surface area contributed by atoms with Crippen LogP contribution in [0, 0.1) is 0 Å². The van der Waals surface area contributed by atoms with Crippen molar-refractivity contribution in [1.82, 2.24) is 14.5 Å². The molecule has 284 valence electrons. The molecule has 12 rings (SSSR count). The zero-order valence-corrected chi connectivity index (χ0v) is 33.2. The van der Waals surface area contributed by atoms with E-state index in [2.05, 4.69) is 223 Å². The van der Waals surface area contributed by atoms with Crippen LogP contribution in [0.1, 0.15) is 0 Å². The Bertz CT molecular complexity index is 3640. The second-order valence-corrected chi connectivity index (χ2v) is 15.7. The molecule has 0 N–H and O–H groups in total. The number of nitrogens with zero attached hydrogens (tertiary/aromatic N) is 3. The lowest BCUT2D eigenvalue weighted by Gasteiger charge is -2.18. The lowest BCUT2D eigenvalue weighted by molar-refractivity contribution is 1.18. The summed E-state index contributed by atoms with van der Waals surface area (Å²) in [6.45, 7) is 0. The maximum Gasteiger partial charge on any atom is 0.160 e. The molecule has 0 aliphatic carbocycles. The van der Waals surface area contributed by atoms with E-state index in [1.165, 1.54) is 59.7 Å². The SMILES string of the molecule is c1ccc(-c2nc(-c3ccccc3-c3c4ccccc4cc4c3ccc3ccccc34)cc(-c3ccccc3-c3cccc4c5ccccc5n(-c5ccccc5)c34)n2)cc1. The number of hydrogen-bond acceptors (Lipinski definition) is 2. The van der Waals surface area contributed by atoms with Crippen LogP contribution in [0.4, 0.5) is 0 Å². The molecular formula is C58H37N3. The van der Waals surface area contributed by atoms with Crippen LogP contribution in [0.25, 0.3) is 116 Å². The van der Waals surface area contributed by atoms with E-state index in [0.29, 0.717) is 5.82 Å². The highest BCUT2D eigenvalue weighted by Crippen LogP contribution is 2.45. The third kappa shape index (κ3) is 5.74. The van der Waals surface area contributed by atoms with E-state index < -0.39 is 0 Å². The maximum absolute atomic E-state index is 5.42. The van der Waals surface area contributed by atoms with Gasteiger partial charge >= 0.3 is 0 Å². The fraction of sp³-hybridized carbons (Fsp3) is 0. The van der Waals surface area contributed by atoms with Crippen LogP contribution in [-0.4, -0.2) is 14.5 Å². The number of rotatable bonds is 6. The first-order valence-corrected chi connectivity index (χ1v) is 20.8. The minimum atomic E-state index is 0.683. The van der Waals surface area contributed by atoms with Crippen molar-refractivity contribution in [1.29, 1.82) is 0 Å². The van der Waals surface area contributed by atoms with Gasteiger partial charge in [0.2, 0.25) is 0 Å². The quantitative estimate of drug-likeness (QED) is 0.124. The van der Waals surface area contributed by atoms with Gasteiger partial charge in [0.25, 0.3) is 0 Å². The Morgan fingerprint density at radius 2 is 0.869 bits per heavy atom. The largest absolute Gasteiger partial charge is 0.309 e. The van der Waals surface area contributed by atoms with E-state index in [1.807, 2.05) is 6.07 Å². The van der Waals surface area contributed by atoms with E-state index in [0.717, 1.165) is 50.5 Å². The van der Waals surface area contributed by atoms with Crippen molar-refractivity contribution in [2.75, 3.05) is 0 Å². The molecule has 10 aromatic carbocycles. The van der Waals surface area contributed by atoms with Crippen molar-refractivity contribution >= 4 is 54.1 Å². The lowest BCUT2D eigenvalue weighted by atomic mass is 9.87. The molecule has 12 aromatic rings. The van der Waals surface area contributed by atoms with Crippen LogP contribution in [0.2, 0.25) is 0 Å². The summed E-state index contributed by atoms with van der Waals surface area (Å²) in [5.74, 6) is 0.683. The van der Waals surface area contributed by atoms with Crippen LogP contribution >= 0.6 is 0 Å². The zero-order valence-electron chi connectivity index (χ0n) is 33.2. The Hall–Kier alpha value is -8.14. The van der Waals surface area contributed by atoms with E-state index >= 15 is 0 Å². The summed E-state index contributed by atoms with van der Waals surface area (Å²) in [6.07, 6.45) is 0. The van der Waals surface area contributed by atoms with Gasteiger partial charge in [-0.15, -0.1) is 0 Å². The minimum Gasteiger partial charge on any atom is -0.309 e. The molecular weight excluding hydrogens is 739 g/mol. The summed E-state index contributed by atoms with van der Waals surface area (Å²) in [4.78, 5) is 10.8. The van der Waals surface area contributed by atoms with Crippen molar-refractivity contribution in [3.05, 3.63) is 224 Å². The normalized spacial score (nSPS) is 11.6. The topological polar surface area (TPSA) is 30.7 Å². The first kappa shape index (κ1) is 34.9. The van der Waals surface area contributed by atoms with E-state index in [-0.39, 0.29) is 0 Å². The highest BCUT2D eigenvalue weighted by molar-refractivity contribution is 6.21. The molecule has 0 saturated heterocycles. The number of para-hydroxylation sites is 3. The molecule has 0 spiro atoms. The molecule has 2 heterocycles. The molecule has 0 aliphatic heterocycles. The van der Waals surface area contributed by atoms with Gasteiger partial charge in [-0.05, 0) is 79.3 Å². The van der Waals surface area contributed by atoms with Gasteiger partial charge in [-0.2, -0.15) is 0 Å². The number of benzene rings is 10. The minimum absolute atomic E-state index is 0.683. The van der Waals surface area contributed by atoms with Gasteiger partial charge in [0, 0.05) is 38.7 Å². The Kier molecular flexibility index (Phi) is 8.17. The molecule has 0 aliphatic rings. The van der Waals surface area contributed by atoms with E-state index in [1.54, 1.807) is 0 Å². The second-order valence-electron chi connectivity index (χ2n) is 15.7. The molecule has 0 amide bonds. The number of aromatic nitrogens is 3. The third-order valence-corrected chi connectivity index (χ3v) is 12.2. The fourth-order valence-electron chi connectivity index (χ4n) is 9.50. The van der Waals surface area contributed by atoms with Gasteiger partial charge in [-0.3, -0.25) is 0 Å². The monoisotopic (exact) mass is 775 g/mol. The molecule has 3 nitrogen and oxygen atoms in total. The molecule has 0 bridgehead atoms. The number of fused-ring (bicyclic) bond motifs is 7. The molecule has 0 radical (unpaired) electrons. The Labute approximate surface area is 353 Å². The van der Waals surface area contributed by atoms with Gasteiger partial charge in [-0.1, -0.05) is 194 Å². The van der Waals surface area contributed by atoms with Crippen molar-refractivity contribution in [3.63, 3.8) is 0 Å². The second kappa shape index (κ2) is 14.3. The maximum atomic E-state index is 5.42. The summed E-state index contributed by atoms with van der Waals surface area (Å²) in [7, 11) is 0. The van der Waals surface area contributed by atoms with Crippen LogP contribution in [0.3, 0.4) is 0 Å². The van der Waals surface area contributed by atoms with Gasteiger partial charge in [-0.25, -0.2) is 9.97 Å². The molecule has 0 atom stereocenters. The first-order chi connectivity index (χ1) is 30.3. The highest BCUT2D eigenvalue weighted by Gasteiger charge is 2.22. The average molecular weight is 776 g/mol. The summed E-state index contributed by atoms with van der Waals surface area (Å²) in [5.41, 5.74) is 12.9. The Balaban J connectivity index is 1.13. The Morgan fingerprint density at radius 3 is 1.64 bits per heavy atom. The van der Waals surface area contributed by atoms with Crippen LogP contribution in [0.15, 0.2) is 224 Å². The van der Waals surface area contributed by atoms with Gasteiger partial charge in [0.1, 0.15) is 0 Å². The van der Waals surface area contributed by atoms with Crippen molar-refractivity contribution in [2.45, 2.75) is 0 Å². The standard InChI is InChI=1S/C58H37N3/c1-3-19-39(20-4-1)58-59-53(45-27-12-11-26-44(45)50-31-17-32-51-47-29-15-16-33-55(47)61(57(50)51)41-22-5-2-6-23-41)37-54(60-58)46-28-13-14-30-48(46)56-43-25-10-8-21-40(43)36-52-42-24-9-7-18-38(42)34-35-49(52)56/h1-37H. The van der Waals surface area contributed by atoms with Crippen LogP contribution < -0.4 is 0 Å². The smallest absolute Gasteiger partial charge is 0.160 e. The fourth-order valence-corrected chi connectivity index (χ4v) is 9.50. The predicted molar refractivity (Wildman–Crippen MR) is 256 cm³/mol. The molecule has 2 aromatic heterocycles. The highest BCUT2D eigenvalue weighted by atomic mass is 15.0. The van der Waals surface area contributed by atoms with Crippen molar-refractivity contribution < 1.29 is 0 Å².